The third kappa shape index (κ3) is 4.96. The first-order valence-electron chi connectivity index (χ1n) is 13.2. The fourth-order valence-electron chi connectivity index (χ4n) is 5.35. The predicted molar refractivity (Wildman–Crippen MR) is 157 cm³/mol. The van der Waals surface area contributed by atoms with E-state index in [-0.39, 0.29) is 17.9 Å². The minimum absolute atomic E-state index is 0.0590. The van der Waals surface area contributed by atoms with Gasteiger partial charge in [0.1, 0.15) is 23.0 Å². The van der Waals surface area contributed by atoms with E-state index in [1.54, 1.807) is 43.5 Å². The fraction of sp³-hybridized carbons (Fsp3) is 0.250. The van der Waals surface area contributed by atoms with Crippen molar-refractivity contribution in [2.45, 2.75) is 12.5 Å². The molecule has 1 fully saturated rings. The van der Waals surface area contributed by atoms with E-state index in [1.807, 2.05) is 24.4 Å². The van der Waals surface area contributed by atoms with Gasteiger partial charge in [-0.2, -0.15) is 0 Å². The van der Waals surface area contributed by atoms with Crippen LogP contribution in [0.5, 0.6) is 28.7 Å². The van der Waals surface area contributed by atoms with Crippen LogP contribution in [0.15, 0.2) is 66.4 Å². The lowest BCUT2D eigenvalue weighted by atomic mass is 9.94. The number of likely N-dealkylation sites (tertiary alicyclic amines) is 1. The van der Waals surface area contributed by atoms with Gasteiger partial charge in [0.15, 0.2) is 11.5 Å². The highest BCUT2D eigenvalue weighted by Crippen LogP contribution is 2.44. The molecule has 1 amide bonds. The number of benzene rings is 3. The number of aliphatic hydroxyl groups is 1. The van der Waals surface area contributed by atoms with Crippen LogP contribution < -0.4 is 23.7 Å². The van der Waals surface area contributed by atoms with Crippen molar-refractivity contribution >= 4 is 28.4 Å². The zero-order chi connectivity index (χ0) is 30.0. The smallest absolute Gasteiger partial charge is 0.295 e. The molecular weight excluding hydrogens is 540 g/mol. The van der Waals surface area contributed by atoms with E-state index in [0.717, 1.165) is 16.5 Å². The number of hydrogen-bond donors (Lipinski definition) is 2. The van der Waals surface area contributed by atoms with E-state index in [4.69, 9.17) is 23.7 Å². The standard InChI is InChI=1S/C32H32N2O8/c1-38-20-8-10-24-23(15-20)19(17-33-24)12-13-34-29(22-9-7-21(39-2)16-26(22)41-4)28(31(36)32(34)37)30(35)18-6-11-25(40-3)27(14-18)42-5/h6-11,14-17,29,33,35H,12-13H2,1-5H3/b30-28-. The highest BCUT2D eigenvalue weighted by molar-refractivity contribution is 6.46. The monoisotopic (exact) mass is 572 g/mol. The van der Waals surface area contributed by atoms with E-state index >= 15 is 0 Å². The first-order chi connectivity index (χ1) is 20.3. The van der Waals surface area contributed by atoms with Crippen molar-refractivity contribution in [1.29, 1.82) is 0 Å². The fourth-order valence-corrected chi connectivity index (χ4v) is 5.35. The van der Waals surface area contributed by atoms with Gasteiger partial charge in [-0.1, -0.05) is 0 Å². The molecule has 10 heteroatoms. The van der Waals surface area contributed by atoms with E-state index in [2.05, 4.69) is 4.98 Å². The van der Waals surface area contributed by atoms with Crippen LogP contribution in [0.4, 0.5) is 0 Å². The summed E-state index contributed by atoms with van der Waals surface area (Å²) in [5.41, 5.74) is 2.64. The van der Waals surface area contributed by atoms with Crippen LogP contribution in [0.3, 0.4) is 0 Å². The number of nitrogens with zero attached hydrogens (tertiary/aromatic N) is 1. The summed E-state index contributed by atoms with van der Waals surface area (Å²) >= 11 is 0. The number of rotatable bonds is 10. The molecule has 1 saturated heterocycles. The first kappa shape index (κ1) is 28.4. The number of aromatic amines is 1. The Morgan fingerprint density at radius 1 is 0.810 bits per heavy atom. The second-order valence-electron chi connectivity index (χ2n) is 9.65. The number of Topliss-reactive ketones (excluding diaryl/α,β-unsaturated/α-hetero) is 1. The average Bonchev–Trinajstić information content (AvgIpc) is 3.55. The number of hydrogen-bond acceptors (Lipinski definition) is 8. The van der Waals surface area contributed by atoms with Crippen molar-refractivity contribution in [3.8, 4) is 28.7 Å². The number of ether oxygens (including phenoxy) is 5. The van der Waals surface area contributed by atoms with Crippen LogP contribution in [0, 0.1) is 0 Å². The molecule has 1 unspecified atom stereocenters. The maximum atomic E-state index is 13.6. The average molecular weight is 573 g/mol. The van der Waals surface area contributed by atoms with E-state index < -0.39 is 17.7 Å². The Kier molecular flexibility index (Phi) is 7.97. The number of nitrogens with one attached hydrogen (secondary N) is 1. The Morgan fingerprint density at radius 2 is 1.50 bits per heavy atom. The molecule has 42 heavy (non-hydrogen) atoms. The van der Waals surface area contributed by atoms with Crippen LogP contribution in [0.2, 0.25) is 0 Å². The van der Waals surface area contributed by atoms with Gasteiger partial charge in [0.2, 0.25) is 0 Å². The Bertz CT molecular complexity index is 1690. The summed E-state index contributed by atoms with van der Waals surface area (Å²) in [5.74, 6) is 0.616. The van der Waals surface area contributed by atoms with Crippen molar-refractivity contribution in [2.75, 3.05) is 42.1 Å². The number of amides is 1. The van der Waals surface area contributed by atoms with Gasteiger partial charge in [0.25, 0.3) is 11.7 Å². The summed E-state index contributed by atoms with van der Waals surface area (Å²) in [6.07, 6.45) is 2.32. The third-order valence-electron chi connectivity index (χ3n) is 7.53. The van der Waals surface area contributed by atoms with Crippen LogP contribution in [-0.2, 0) is 16.0 Å². The van der Waals surface area contributed by atoms with Gasteiger partial charge >= 0.3 is 0 Å². The maximum Gasteiger partial charge on any atom is 0.295 e. The second kappa shape index (κ2) is 11.8. The number of methoxy groups -OCH3 is 5. The Balaban J connectivity index is 1.62. The van der Waals surface area contributed by atoms with Crippen molar-refractivity contribution in [3.63, 3.8) is 0 Å². The quantitative estimate of drug-likeness (QED) is 0.157. The Morgan fingerprint density at radius 3 is 2.19 bits per heavy atom. The lowest BCUT2D eigenvalue weighted by Gasteiger charge is -2.27. The summed E-state index contributed by atoms with van der Waals surface area (Å²) in [6.45, 7) is 0.192. The van der Waals surface area contributed by atoms with Crippen LogP contribution in [0.25, 0.3) is 16.7 Å². The van der Waals surface area contributed by atoms with Crippen LogP contribution in [0.1, 0.15) is 22.7 Å². The van der Waals surface area contributed by atoms with Crippen molar-refractivity contribution in [3.05, 3.63) is 83.1 Å². The Labute approximate surface area is 243 Å². The topological polar surface area (TPSA) is 120 Å². The number of carbonyl (C=O) groups is 2. The summed E-state index contributed by atoms with van der Waals surface area (Å²) in [5, 5.41) is 12.5. The number of carbonyl (C=O) groups excluding carboxylic acids is 2. The molecule has 2 N–H and O–H groups in total. The maximum absolute atomic E-state index is 13.6. The zero-order valence-electron chi connectivity index (χ0n) is 24.0. The van der Waals surface area contributed by atoms with Gasteiger partial charge in [-0.05, 0) is 60.5 Å². The predicted octanol–water partition coefficient (Wildman–Crippen LogP) is 4.88. The lowest BCUT2D eigenvalue weighted by molar-refractivity contribution is -0.139. The molecule has 2 heterocycles. The summed E-state index contributed by atoms with van der Waals surface area (Å²) < 4.78 is 27.1. The molecule has 1 aliphatic rings. The zero-order valence-corrected chi connectivity index (χ0v) is 24.0. The molecule has 0 saturated carbocycles. The largest absolute Gasteiger partial charge is 0.507 e. The molecule has 4 aromatic rings. The number of ketones is 1. The van der Waals surface area contributed by atoms with Crippen molar-refractivity contribution in [2.24, 2.45) is 0 Å². The second-order valence-corrected chi connectivity index (χ2v) is 9.65. The third-order valence-corrected chi connectivity index (χ3v) is 7.53. The van der Waals surface area contributed by atoms with E-state index in [0.29, 0.717) is 46.3 Å². The van der Waals surface area contributed by atoms with Gasteiger partial charge in [-0.25, -0.2) is 0 Å². The minimum Gasteiger partial charge on any atom is -0.507 e. The van der Waals surface area contributed by atoms with E-state index in [1.165, 1.54) is 33.3 Å². The normalized spacial score (nSPS) is 16.1. The van der Waals surface area contributed by atoms with Crippen molar-refractivity contribution < 1.29 is 38.4 Å². The summed E-state index contributed by atoms with van der Waals surface area (Å²) in [7, 11) is 7.62. The molecule has 0 spiro atoms. The summed E-state index contributed by atoms with van der Waals surface area (Å²) in [6, 6.07) is 14.7. The van der Waals surface area contributed by atoms with Gasteiger partial charge in [-0.3, -0.25) is 9.59 Å². The van der Waals surface area contributed by atoms with Gasteiger partial charge in [-0.15, -0.1) is 0 Å². The molecule has 1 aromatic heterocycles. The highest BCUT2D eigenvalue weighted by atomic mass is 16.5. The van der Waals surface area contributed by atoms with Gasteiger partial charge < -0.3 is 38.7 Å². The molecule has 1 atom stereocenters. The molecule has 0 aliphatic carbocycles. The molecule has 10 nitrogen and oxygen atoms in total. The molecular formula is C32H32N2O8. The van der Waals surface area contributed by atoms with Crippen molar-refractivity contribution in [1.82, 2.24) is 9.88 Å². The lowest BCUT2D eigenvalue weighted by Crippen LogP contribution is -2.31. The molecule has 0 radical (unpaired) electrons. The highest BCUT2D eigenvalue weighted by Gasteiger charge is 2.47. The molecule has 1 aliphatic heterocycles. The van der Waals surface area contributed by atoms with Gasteiger partial charge in [0.05, 0.1) is 47.2 Å². The number of fused-ring (bicyclic) bond motifs is 1. The Hall–Kier alpha value is -5.12. The van der Waals surface area contributed by atoms with E-state index in [9.17, 15) is 14.7 Å². The van der Waals surface area contributed by atoms with Crippen LogP contribution >= 0.6 is 0 Å². The SMILES string of the molecule is COc1ccc(C2/C(=C(/O)c3ccc(OC)c(OC)c3)C(=O)C(=O)N2CCc2c[nH]c3ccc(OC)cc23)c(OC)c1. The first-order valence-corrected chi connectivity index (χ1v) is 13.2. The number of H-pyrrole nitrogens is 1. The van der Waals surface area contributed by atoms with Gasteiger partial charge in [0, 0.05) is 40.8 Å². The molecule has 0 bridgehead atoms. The summed E-state index contributed by atoms with van der Waals surface area (Å²) in [4.78, 5) is 31.9. The number of aromatic nitrogens is 1. The van der Waals surface area contributed by atoms with Crippen LogP contribution in [-0.4, -0.2) is 68.8 Å². The number of aliphatic hydroxyl groups excluding tert-OH is 1. The minimum atomic E-state index is -0.932. The molecule has 218 valence electrons. The molecule has 5 rings (SSSR count). The molecule has 3 aromatic carbocycles.